The molecule has 1 fully saturated rings. The van der Waals surface area contributed by atoms with Gasteiger partial charge in [-0.3, -0.25) is 8.51 Å². The standard InChI is InChI=1S/C23H28FN3O5S/c1-26(2)10-4-3-9-25-18-12-15(24)5-7-19(18)27(33(30)31)20-8-6-16-17-11-14(17)13-32-22(16)21(20)23(28)29/h5-8,12,14,17,25H,3-4,9-11,13H2,1-2H3,(H,28,29)(H,30,31)/p-1. The molecular formula is C23H27FN3O5S-. The van der Waals surface area contributed by atoms with E-state index in [0.717, 1.165) is 41.7 Å². The Balaban J connectivity index is 1.70. The molecule has 3 unspecified atom stereocenters. The van der Waals surface area contributed by atoms with Gasteiger partial charge in [-0.2, -0.15) is 0 Å². The van der Waals surface area contributed by atoms with E-state index in [0.29, 0.717) is 19.1 Å². The lowest BCUT2D eigenvalue weighted by Crippen LogP contribution is -2.25. The highest BCUT2D eigenvalue weighted by atomic mass is 32.2. The Kier molecular flexibility index (Phi) is 6.87. The fraction of sp³-hybridized carbons (Fsp3) is 0.435. The quantitative estimate of drug-likeness (QED) is 0.398. The zero-order valence-electron chi connectivity index (χ0n) is 18.5. The molecule has 2 aliphatic rings. The van der Waals surface area contributed by atoms with Gasteiger partial charge in [-0.15, -0.1) is 0 Å². The van der Waals surface area contributed by atoms with Gasteiger partial charge in [0.2, 0.25) is 0 Å². The number of halogens is 1. The van der Waals surface area contributed by atoms with Gasteiger partial charge in [-0.05, 0) is 75.6 Å². The van der Waals surface area contributed by atoms with Crippen molar-refractivity contribution in [3.63, 3.8) is 0 Å². The zero-order valence-corrected chi connectivity index (χ0v) is 19.4. The molecule has 0 saturated heterocycles. The van der Waals surface area contributed by atoms with Crippen molar-refractivity contribution in [1.82, 2.24) is 4.90 Å². The van der Waals surface area contributed by atoms with Crippen LogP contribution in [0.25, 0.3) is 0 Å². The highest BCUT2D eigenvalue weighted by Crippen LogP contribution is 2.56. The maximum Gasteiger partial charge on any atom is 0.341 e. The number of benzene rings is 2. The highest BCUT2D eigenvalue weighted by molar-refractivity contribution is 7.81. The van der Waals surface area contributed by atoms with Gasteiger partial charge in [0.05, 0.1) is 34.9 Å². The van der Waals surface area contributed by atoms with Gasteiger partial charge in [0.1, 0.15) is 17.1 Å². The largest absolute Gasteiger partial charge is 0.755 e. The van der Waals surface area contributed by atoms with Crippen LogP contribution in [-0.4, -0.2) is 58.5 Å². The first-order valence-corrected chi connectivity index (χ1v) is 11.9. The summed E-state index contributed by atoms with van der Waals surface area (Å²) in [5.74, 6) is -0.961. The number of ether oxygens (including phenoxy) is 1. The molecule has 0 aromatic heterocycles. The van der Waals surface area contributed by atoms with E-state index in [9.17, 15) is 23.1 Å². The first kappa shape index (κ1) is 23.5. The number of nitrogens with one attached hydrogen (secondary N) is 1. The van der Waals surface area contributed by atoms with E-state index in [1.54, 1.807) is 6.07 Å². The smallest absolute Gasteiger partial charge is 0.341 e. The van der Waals surface area contributed by atoms with Crippen molar-refractivity contribution < 1.29 is 27.8 Å². The Morgan fingerprint density at radius 1 is 1.27 bits per heavy atom. The molecule has 0 amide bonds. The maximum atomic E-state index is 14.0. The summed E-state index contributed by atoms with van der Waals surface area (Å²) < 4.78 is 45.4. The maximum absolute atomic E-state index is 14.0. The van der Waals surface area contributed by atoms with Crippen LogP contribution in [0.3, 0.4) is 0 Å². The van der Waals surface area contributed by atoms with Gasteiger partial charge in [-0.25, -0.2) is 9.18 Å². The first-order chi connectivity index (χ1) is 15.8. The minimum atomic E-state index is -2.87. The SMILES string of the molecule is CN(C)CCCCNc1cc(F)ccc1N(c1ccc2c(c1C(=O)O)OCC1CC21)S(=O)[O-]. The van der Waals surface area contributed by atoms with Crippen LogP contribution >= 0.6 is 0 Å². The zero-order chi connectivity index (χ0) is 23.7. The molecule has 1 aliphatic heterocycles. The van der Waals surface area contributed by atoms with E-state index in [2.05, 4.69) is 10.2 Å². The number of carbonyl (C=O) groups is 1. The van der Waals surface area contributed by atoms with Gasteiger partial charge >= 0.3 is 5.97 Å². The van der Waals surface area contributed by atoms with Gasteiger partial charge in [0.25, 0.3) is 0 Å². The predicted molar refractivity (Wildman–Crippen MR) is 123 cm³/mol. The van der Waals surface area contributed by atoms with Crippen LogP contribution in [0, 0.1) is 11.7 Å². The van der Waals surface area contributed by atoms with Crippen molar-refractivity contribution >= 4 is 34.3 Å². The molecule has 4 rings (SSSR count). The molecule has 1 heterocycles. The number of unbranched alkanes of at least 4 members (excludes halogenated alkanes) is 1. The van der Waals surface area contributed by atoms with E-state index in [-0.39, 0.29) is 34.3 Å². The Bertz CT molecular complexity index is 1080. The number of carboxylic acids is 1. The number of aromatic carboxylic acids is 1. The van der Waals surface area contributed by atoms with E-state index in [4.69, 9.17) is 4.74 Å². The fourth-order valence-corrected chi connectivity index (χ4v) is 4.94. The van der Waals surface area contributed by atoms with E-state index in [1.807, 2.05) is 14.1 Å². The number of anilines is 3. The summed E-state index contributed by atoms with van der Waals surface area (Å²) in [5.41, 5.74) is 0.947. The minimum absolute atomic E-state index is 0.0454. The van der Waals surface area contributed by atoms with Crippen LogP contribution in [-0.2, 0) is 11.3 Å². The second kappa shape index (κ2) is 9.66. The molecule has 0 bridgehead atoms. The molecule has 1 saturated carbocycles. The average Bonchev–Trinajstić information content (AvgIpc) is 3.54. The molecule has 2 aromatic rings. The van der Waals surface area contributed by atoms with Crippen LogP contribution < -0.4 is 14.4 Å². The summed E-state index contributed by atoms with van der Waals surface area (Å²) in [6, 6.07) is 6.92. The van der Waals surface area contributed by atoms with E-state index in [1.165, 1.54) is 18.2 Å². The Hall–Kier alpha value is -2.69. The van der Waals surface area contributed by atoms with Crippen molar-refractivity contribution in [1.29, 1.82) is 0 Å². The summed E-state index contributed by atoms with van der Waals surface area (Å²) in [6.45, 7) is 1.82. The second-order valence-corrected chi connectivity index (χ2v) is 9.51. The Morgan fingerprint density at radius 2 is 2.03 bits per heavy atom. The van der Waals surface area contributed by atoms with Gasteiger partial charge < -0.3 is 24.6 Å². The van der Waals surface area contributed by atoms with Crippen molar-refractivity contribution in [3.8, 4) is 5.75 Å². The van der Waals surface area contributed by atoms with Gasteiger partial charge in [0, 0.05) is 12.5 Å². The lowest BCUT2D eigenvalue weighted by molar-refractivity contribution is 0.0692. The monoisotopic (exact) mass is 476 g/mol. The number of rotatable bonds is 10. The van der Waals surface area contributed by atoms with Crippen molar-refractivity contribution in [3.05, 3.63) is 47.3 Å². The van der Waals surface area contributed by atoms with Crippen LogP contribution in [0.2, 0.25) is 0 Å². The van der Waals surface area contributed by atoms with Crippen LogP contribution in [0.15, 0.2) is 30.3 Å². The lowest BCUT2D eigenvalue weighted by atomic mass is 10.00. The number of hydrogen-bond donors (Lipinski definition) is 2. The molecular weight excluding hydrogens is 449 g/mol. The predicted octanol–water partition coefficient (Wildman–Crippen LogP) is 3.71. The summed E-state index contributed by atoms with van der Waals surface area (Å²) in [4.78, 5) is 14.3. The number of hydrogen-bond acceptors (Lipinski definition) is 6. The number of carboxylic acid groups (broad SMARTS) is 1. The fourth-order valence-electron chi connectivity index (χ4n) is 4.31. The summed E-state index contributed by atoms with van der Waals surface area (Å²) >= 11 is -2.87. The molecule has 33 heavy (non-hydrogen) atoms. The summed E-state index contributed by atoms with van der Waals surface area (Å²) in [7, 11) is 3.95. The molecule has 10 heteroatoms. The van der Waals surface area contributed by atoms with E-state index < -0.39 is 23.1 Å². The normalized spacial score (nSPS) is 19.3. The van der Waals surface area contributed by atoms with Crippen molar-refractivity contribution in [2.75, 3.05) is 43.4 Å². The highest BCUT2D eigenvalue weighted by Gasteiger charge is 2.45. The molecule has 3 atom stereocenters. The Morgan fingerprint density at radius 3 is 2.73 bits per heavy atom. The molecule has 0 radical (unpaired) electrons. The molecule has 2 N–H and O–H groups in total. The molecule has 0 spiro atoms. The molecule has 178 valence electrons. The lowest BCUT2D eigenvalue weighted by Gasteiger charge is -2.31. The topological polar surface area (TPSA) is 105 Å². The molecule has 2 aromatic carbocycles. The third-order valence-corrected chi connectivity index (χ3v) is 6.73. The van der Waals surface area contributed by atoms with Crippen molar-refractivity contribution in [2.24, 2.45) is 5.92 Å². The summed E-state index contributed by atoms with van der Waals surface area (Å²) in [6.07, 6.45) is 2.64. The van der Waals surface area contributed by atoms with Crippen LogP contribution in [0.5, 0.6) is 5.75 Å². The second-order valence-electron chi connectivity index (χ2n) is 8.71. The van der Waals surface area contributed by atoms with Gasteiger partial charge in [0.15, 0.2) is 0 Å². The van der Waals surface area contributed by atoms with Gasteiger partial charge in [-0.1, -0.05) is 6.07 Å². The molecule has 8 nitrogen and oxygen atoms in total. The minimum Gasteiger partial charge on any atom is -0.755 e. The number of nitrogens with zero attached hydrogens (tertiary/aromatic N) is 2. The third kappa shape index (κ3) is 4.97. The number of fused-ring (bicyclic) bond motifs is 3. The van der Waals surface area contributed by atoms with Crippen molar-refractivity contribution in [2.45, 2.75) is 25.2 Å². The van der Waals surface area contributed by atoms with Crippen LogP contribution in [0.1, 0.15) is 41.1 Å². The third-order valence-electron chi connectivity index (χ3n) is 6.04. The summed E-state index contributed by atoms with van der Waals surface area (Å²) in [5, 5.41) is 13.1. The van der Waals surface area contributed by atoms with Crippen LogP contribution in [0.4, 0.5) is 21.5 Å². The Labute approximate surface area is 194 Å². The molecule has 1 aliphatic carbocycles. The van der Waals surface area contributed by atoms with E-state index >= 15 is 0 Å². The average molecular weight is 477 g/mol. The first-order valence-electron chi connectivity index (χ1n) is 10.9.